The van der Waals surface area contributed by atoms with E-state index in [0.29, 0.717) is 18.3 Å². The molecule has 1 amide bonds. The third kappa shape index (κ3) is 3.93. The van der Waals surface area contributed by atoms with Crippen LogP contribution in [0.15, 0.2) is 18.3 Å². The summed E-state index contributed by atoms with van der Waals surface area (Å²) in [5.41, 5.74) is 1.37. The SMILES string of the molecule is CNc1ccc(C(=O)NCC(C)N2CCCCC2)nc1. The van der Waals surface area contributed by atoms with Gasteiger partial charge in [0.1, 0.15) is 5.69 Å². The summed E-state index contributed by atoms with van der Waals surface area (Å²) in [6, 6.07) is 3.98. The lowest BCUT2D eigenvalue weighted by atomic mass is 10.1. The van der Waals surface area contributed by atoms with Gasteiger partial charge in [-0.2, -0.15) is 0 Å². The van der Waals surface area contributed by atoms with Crippen molar-refractivity contribution in [2.75, 3.05) is 32.0 Å². The van der Waals surface area contributed by atoms with Gasteiger partial charge in [-0.25, -0.2) is 4.98 Å². The molecule has 110 valence electrons. The minimum absolute atomic E-state index is 0.100. The zero-order valence-corrected chi connectivity index (χ0v) is 12.4. The van der Waals surface area contributed by atoms with Crippen LogP contribution in [0, 0.1) is 0 Å². The number of carbonyl (C=O) groups excluding carboxylic acids is 1. The molecular formula is C15H24N4O. The number of nitrogens with one attached hydrogen (secondary N) is 2. The van der Waals surface area contributed by atoms with E-state index in [9.17, 15) is 4.79 Å². The molecule has 1 fully saturated rings. The quantitative estimate of drug-likeness (QED) is 0.860. The van der Waals surface area contributed by atoms with E-state index >= 15 is 0 Å². The molecule has 1 atom stereocenters. The van der Waals surface area contributed by atoms with Crippen molar-refractivity contribution in [3.8, 4) is 0 Å². The van der Waals surface area contributed by atoms with Crippen LogP contribution in [-0.4, -0.2) is 48.5 Å². The lowest BCUT2D eigenvalue weighted by Crippen LogP contribution is -2.44. The molecule has 1 aromatic rings. The smallest absolute Gasteiger partial charge is 0.269 e. The van der Waals surface area contributed by atoms with Gasteiger partial charge in [0, 0.05) is 19.6 Å². The summed E-state index contributed by atoms with van der Waals surface area (Å²) in [5.74, 6) is -0.100. The first-order valence-corrected chi connectivity index (χ1v) is 7.37. The Morgan fingerprint density at radius 2 is 2.10 bits per heavy atom. The van der Waals surface area contributed by atoms with Crippen molar-refractivity contribution in [3.05, 3.63) is 24.0 Å². The van der Waals surface area contributed by atoms with Crippen molar-refractivity contribution in [1.82, 2.24) is 15.2 Å². The number of carbonyl (C=O) groups is 1. The lowest BCUT2D eigenvalue weighted by Gasteiger charge is -2.32. The zero-order valence-electron chi connectivity index (χ0n) is 12.4. The van der Waals surface area contributed by atoms with Crippen LogP contribution in [0.3, 0.4) is 0 Å². The molecule has 0 radical (unpaired) electrons. The van der Waals surface area contributed by atoms with Crippen LogP contribution in [0.25, 0.3) is 0 Å². The average Bonchev–Trinajstić information content (AvgIpc) is 2.53. The molecule has 2 N–H and O–H groups in total. The molecule has 20 heavy (non-hydrogen) atoms. The van der Waals surface area contributed by atoms with Crippen LogP contribution in [0.4, 0.5) is 5.69 Å². The van der Waals surface area contributed by atoms with E-state index in [4.69, 9.17) is 0 Å². The minimum atomic E-state index is -0.100. The predicted molar refractivity (Wildman–Crippen MR) is 81.0 cm³/mol. The summed E-state index contributed by atoms with van der Waals surface area (Å²) in [6.45, 7) is 5.13. The molecule has 1 saturated heterocycles. The fraction of sp³-hybridized carbons (Fsp3) is 0.600. The maximum absolute atomic E-state index is 12.0. The fourth-order valence-electron chi connectivity index (χ4n) is 2.50. The largest absolute Gasteiger partial charge is 0.387 e. The van der Waals surface area contributed by atoms with E-state index in [-0.39, 0.29) is 5.91 Å². The highest BCUT2D eigenvalue weighted by Crippen LogP contribution is 2.11. The first-order valence-electron chi connectivity index (χ1n) is 7.37. The number of likely N-dealkylation sites (tertiary alicyclic amines) is 1. The molecular weight excluding hydrogens is 252 g/mol. The van der Waals surface area contributed by atoms with Crippen molar-refractivity contribution in [3.63, 3.8) is 0 Å². The molecule has 0 saturated carbocycles. The molecule has 0 spiro atoms. The Morgan fingerprint density at radius 1 is 1.35 bits per heavy atom. The second-order valence-electron chi connectivity index (χ2n) is 5.34. The molecule has 2 heterocycles. The number of anilines is 1. The number of aromatic nitrogens is 1. The molecule has 1 unspecified atom stereocenters. The van der Waals surface area contributed by atoms with E-state index in [1.54, 1.807) is 12.3 Å². The Kier molecular flexibility index (Phi) is 5.35. The average molecular weight is 276 g/mol. The number of piperidine rings is 1. The molecule has 1 aromatic heterocycles. The Bertz CT molecular complexity index is 426. The maximum atomic E-state index is 12.0. The van der Waals surface area contributed by atoms with E-state index in [1.807, 2.05) is 13.1 Å². The van der Waals surface area contributed by atoms with Crippen molar-refractivity contribution in [2.24, 2.45) is 0 Å². The summed E-state index contributed by atoms with van der Waals surface area (Å²) < 4.78 is 0. The third-order valence-electron chi connectivity index (χ3n) is 3.86. The second-order valence-corrected chi connectivity index (χ2v) is 5.34. The first kappa shape index (κ1) is 14.8. The third-order valence-corrected chi connectivity index (χ3v) is 3.86. The van der Waals surface area contributed by atoms with E-state index in [1.165, 1.54) is 19.3 Å². The second kappa shape index (κ2) is 7.24. The number of pyridine rings is 1. The van der Waals surface area contributed by atoms with Crippen LogP contribution in [-0.2, 0) is 0 Å². The highest BCUT2D eigenvalue weighted by Gasteiger charge is 2.17. The molecule has 0 aromatic carbocycles. The van der Waals surface area contributed by atoms with E-state index in [2.05, 4.69) is 27.4 Å². The molecule has 1 aliphatic heterocycles. The van der Waals surface area contributed by atoms with Crippen LogP contribution in [0.2, 0.25) is 0 Å². The van der Waals surface area contributed by atoms with Gasteiger partial charge in [0.15, 0.2) is 0 Å². The lowest BCUT2D eigenvalue weighted by molar-refractivity contribution is 0.0925. The van der Waals surface area contributed by atoms with Gasteiger partial charge in [0.25, 0.3) is 5.91 Å². The molecule has 5 heteroatoms. The number of nitrogens with zero attached hydrogens (tertiary/aromatic N) is 2. The Hall–Kier alpha value is -1.62. The van der Waals surface area contributed by atoms with Crippen molar-refractivity contribution in [1.29, 1.82) is 0 Å². The van der Waals surface area contributed by atoms with Crippen LogP contribution in [0.1, 0.15) is 36.7 Å². The fourth-order valence-corrected chi connectivity index (χ4v) is 2.50. The Balaban J connectivity index is 1.81. The summed E-state index contributed by atoms with van der Waals surface area (Å²) >= 11 is 0. The number of amides is 1. The summed E-state index contributed by atoms with van der Waals surface area (Å²) in [6.07, 6.45) is 5.54. The molecule has 2 rings (SSSR count). The summed E-state index contributed by atoms with van der Waals surface area (Å²) in [7, 11) is 1.83. The highest BCUT2D eigenvalue weighted by atomic mass is 16.1. The van der Waals surface area contributed by atoms with Crippen LogP contribution in [0.5, 0.6) is 0 Å². The number of rotatable bonds is 5. The highest BCUT2D eigenvalue weighted by molar-refractivity contribution is 5.92. The topological polar surface area (TPSA) is 57.3 Å². The van der Waals surface area contributed by atoms with E-state index < -0.39 is 0 Å². The number of hydrogen-bond donors (Lipinski definition) is 2. The van der Waals surface area contributed by atoms with Gasteiger partial charge in [-0.3, -0.25) is 9.69 Å². The maximum Gasteiger partial charge on any atom is 0.269 e. The van der Waals surface area contributed by atoms with Gasteiger partial charge in [0.2, 0.25) is 0 Å². The van der Waals surface area contributed by atoms with Crippen LogP contribution >= 0.6 is 0 Å². The predicted octanol–water partition coefficient (Wildman–Crippen LogP) is 1.73. The number of hydrogen-bond acceptors (Lipinski definition) is 4. The standard InChI is InChI=1S/C15H24N4O/c1-12(19-8-4-3-5-9-19)10-18-15(20)14-7-6-13(16-2)11-17-14/h6-7,11-12,16H,3-5,8-10H2,1-2H3,(H,18,20). The first-order chi connectivity index (χ1) is 9.70. The molecule has 1 aliphatic rings. The Morgan fingerprint density at radius 3 is 2.70 bits per heavy atom. The zero-order chi connectivity index (χ0) is 14.4. The summed E-state index contributed by atoms with van der Waals surface area (Å²) in [5, 5.41) is 5.96. The molecule has 0 aliphatic carbocycles. The van der Waals surface area contributed by atoms with Gasteiger partial charge >= 0.3 is 0 Å². The van der Waals surface area contributed by atoms with Gasteiger partial charge in [0.05, 0.1) is 11.9 Å². The van der Waals surface area contributed by atoms with E-state index in [0.717, 1.165) is 18.8 Å². The van der Waals surface area contributed by atoms with Crippen molar-refractivity contribution >= 4 is 11.6 Å². The summed E-state index contributed by atoms with van der Waals surface area (Å²) in [4.78, 5) is 18.6. The van der Waals surface area contributed by atoms with Gasteiger partial charge in [-0.15, -0.1) is 0 Å². The van der Waals surface area contributed by atoms with Crippen molar-refractivity contribution < 1.29 is 4.79 Å². The Labute approximate surface area is 120 Å². The van der Waals surface area contributed by atoms with Gasteiger partial charge in [-0.05, 0) is 45.0 Å². The molecule has 0 bridgehead atoms. The molecule has 5 nitrogen and oxygen atoms in total. The monoisotopic (exact) mass is 276 g/mol. The van der Waals surface area contributed by atoms with Gasteiger partial charge < -0.3 is 10.6 Å². The minimum Gasteiger partial charge on any atom is -0.387 e. The van der Waals surface area contributed by atoms with Gasteiger partial charge in [-0.1, -0.05) is 6.42 Å². The normalized spacial score (nSPS) is 17.5. The van der Waals surface area contributed by atoms with Crippen LogP contribution < -0.4 is 10.6 Å². The van der Waals surface area contributed by atoms with Crippen molar-refractivity contribution in [2.45, 2.75) is 32.2 Å².